The van der Waals surface area contributed by atoms with Gasteiger partial charge in [-0.25, -0.2) is 14.3 Å². The van der Waals surface area contributed by atoms with Crippen LogP contribution in [0.4, 0.5) is 0 Å². The summed E-state index contributed by atoms with van der Waals surface area (Å²) in [6.45, 7) is 7.39. The molecule has 170 valence electrons. The molecule has 2 aromatic heterocycles. The van der Waals surface area contributed by atoms with Crippen molar-refractivity contribution in [2.75, 3.05) is 7.11 Å². The second-order valence-corrected chi connectivity index (χ2v) is 9.14. The van der Waals surface area contributed by atoms with E-state index in [1.807, 2.05) is 57.2 Å². The molecule has 0 aliphatic heterocycles. The molecule has 0 N–H and O–H groups in total. The zero-order valence-electron chi connectivity index (χ0n) is 19.3. The second-order valence-electron chi connectivity index (χ2n) is 8.78. The summed E-state index contributed by atoms with van der Waals surface area (Å²) in [6.07, 6.45) is -1.02. The predicted octanol–water partition coefficient (Wildman–Crippen LogP) is 6.05. The van der Waals surface area contributed by atoms with E-state index < -0.39 is 17.7 Å². The fourth-order valence-electron chi connectivity index (χ4n) is 3.70. The van der Waals surface area contributed by atoms with E-state index in [-0.39, 0.29) is 5.15 Å². The molecule has 4 rings (SSSR count). The van der Waals surface area contributed by atoms with Gasteiger partial charge in [0.2, 0.25) is 0 Å². The minimum Gasteiger partial charge on any atom is -0.467 e. The highest BCUT2D eigenvalue weighted by atomic mass is 35.5. The Kier molecular flexibility index (Phi) is 6.23. The van der Waals surface area contributed by atoms with E-state index in [0.29, 0.717) is 16.9 Å². The third-order valence-electron chi connectivity index (χ3n) is 5.19. The van der Waals surface area contributed by atoms with Gasteiger partial charge in [-0.05, 0) is 44.9 Å². The summed E-state index contributed by atoms with van der Waals surface area (Å²) in [7, 11) is 1.32. The molecule has 0 bridgehead atoms. The molecule has 6 nitrogen and oxygen atoms in total. The summed E-state index contributed by atoms with van der Waals surface area (Å²) in [5, 5.41) is 4.96. The number of ether oxygens (including phenoxy) is 2. The number of rotatable bonds is 5. The Balaban J connectivity index is 1.81. The molecule has 7 heteroatoms. The molecule has 0 aliphatic rings. The van der Waals surface area contributed by atoms with Gasteiger partial charge >= 0.3 is 5.97 Å². The Morgan fingerprint density at radius 1 is 1.00 bits per heavy atom. The third-order valence-corrected chi connectivity index (χ3v) is 5.55. The van der Waals surface area contributed by atoms with Gasteiger partial charge < -0.3 is 9.47 Å². The molecular weight excluding hydrogens is 438 g/mol. The third kappa shape index (κ3) is 4.77. The van der Waals surface area contributed by atoms with E-state index >= 15 is 0 Å². The lowest BCUT2D eigenvalue weighted by Gasteiger charge is -2.27. The Bertz CT molecular complexity index is 1310. The minimum absolute atomic E-state index is 0.266. The van der Waals surface area contributed by atoms with Crippen LogP contribution < -0.4 is 0 Å². The monoisotopic (exact) mass is 463 g/mol. The van der Waals surface area contributed by atoms with E-state index in [0.717, 1.165) is 22.4 Å². The molecular formula is C26H26ClN3O3. The van der Waals surface area contributed by atoms with Gasteiger partial charge in [-0.1, -0.05) is 60.1 Å². The van der Waals surface area contributed by atoms with Gasteiger partial charge in [-0.3, -0.25) is 0 Å². The van der Waals surface area contributed by atoms with Crippen molar-refractivity contribution in [3.05, 3.63) is 77.1 Å². The highest BCUT2D eigenvalue weighted by Gasteiger charge is 2.33. The molecule has 2 aromatic carbocycles. The van der Waals surface area contributed by atoms with E-state index in [2.05, 4.69) is 29.2 Å². The molecule has 0 radical (unpaired) electrons. The molecule has 0 aliphatic carbocycles. The molecule has 1 atom stereocenters. The van der Waals surface area contributed by atoms with Crippen LogP contribution in [0.3, 0.4) is 0 Å². The number of aryl methyl sites for hydroxylation is 1. The first-order valence-corrected chi connectivity index (χ1v) is 11.0. The highest BCUT2D eigenvalue weighted by Crippen LogP contribution is 2.34. The van der Waals surface area contributed by atoms with E-state index in [1.165, 1.54) is 11.6 Å². The SMILES string of the molecule is COC(=O)C(OC(C)(C)C)c1c(C)nc2cc(-c3cccc(-c4ccccc4)c3)nn2c1Cl. The van der Waals surface area contributed by atoms with Crippen LogP contribution in [-0.4, -0.2) is 33.3 Å². The van der Waals surface area contributed by atoms with Gasteiger partial charge in [0, 0.05) is 17.3 Å². The van der Waals surface area contributed by atoms with Gasteiger partial charge in [0.05, 0.1) is 24.0 Å². The predicted molar refractivity (Wildman–Crippen MR) is 129 cm³/mol. The van der Waals surface area contributed by atoms with Crippen LogP contribution in [0.2, 0.25) is 5.15 Å². The topological polar surface area (TPSA) is 65.7 Å². The summed E-state index contributed by atoms with van der Waals surface area (Å²) >= 11 is 6.77. The van der Waals surface area contributed by atoms with Crippen molar-refractivity contribution < 1.29 is 14.3 Å². The Morgan fingerprint density at radius 3 is 2.33 bits per heavy atom. The Morgan fingerprint density at radius 2 is 1.67 bits per heavy atom. The van der Waals surface area contributed by atoms with Crippen LogP contribution in [0.15, 0.2) is 60.7 Å². The largest absolute Gasteiger partial charge is 0.467 e. The maximum Gasteiger partial charge on any atom is 0.339 e. The van der Waals surface area contributed by atoms with Crippen LogP contribution in [-0.2, 0) is 14.3 Å². The lowest BCUT2D eigenvalue weighted by Crippen LogP contribution is -2.29. The molecule has 0 saturated carbocycles. The second kappa shape index (κ2) is 8.96. The summed E-state index contributed by atoms with van der Waals surface area (Å²) in [5.41, 5.74) is 4.88. The maximum absolute atomic E-state index is 12.6. The van der Waals surface area contributed by atoms with Crippen molar-refractivity contribution >= 4 is 23.2 Å². The molecule has 0 saturated heterocycles. The summed E-state index contributed by atoms with van der Waals surface area (Å²) in [6, 6.07) is 20.2. The minimum atomic E-state index is -1.02. The van der Waals surface area contributed by atoms with E-state index in [4.69, 9.17) is 26.2 Å². The Hall–Kier alpha value is -3.22. The van der Waals surface area contributed by atoms with Crippen LogP contribution in [0.25, 0.3) is 28.0 Å². The van der Waals surface area contributed by atoms with Gasteiger partial charge in [-0.15, -0.1) is 0 Å². The number of nitrogens with zero attached hydrogens (tertiary/aromatic N) is 3. The zero-order valence-corrected chi connectivity index (χ0v) is 20.1. The number of hydrogen-bond donors (Lipinski definition) is 0. The molecule has 33 heavy (non-hydrogen) atoms. The molecule has 0 spiro atoms. The first kappa shape index (κ1) is 23.0. The number of carbonyl (C=O) groups is 1. The fraction of sp³-hybridized carbons (Fsp3) is 0.269. The van der Waals surface area contributed by atoms with Crippen molar-refractivity contribution in [3.8, 4) is 22.4 Å². The molecule has 4 aromatic rings. The quantitative estimate of drug-likeness (QED) is 0.266. The standard InChI is InChI=1S/C26H26ClN3O3/c1-16-22(23(25(31)32-5)33-26(2,3)4)24(27)30-21(28-16)15-20(29-30)19-13-9-12-18(14-19)17-10-7-6-8-11-17/h6-15,23H,1-5H3. The lowest BCUT2D eigenvalue weighted by molar-refractivity contribution is -0.164. The van der Waals surface area contributed by atoms with Crippen LogP contribution in [0, 0.1) is 6.92 Å². The number of halogens is 1. The smallest absolute Gasteiger partial charge is 0.339 e. The first-order valence-electron chi connectivity index (χ1n) is 10.7. The highest BCUT2D eigenvalue weighted by molar-refractivity contribution is 6.30. The molecule has 2 heterocycles. The van der Waals surface area contributed by atoms with Crippen molar-refractivity contribution in [1.82, 2.24) is 14.6 Å². The lowest BCUT2D eigenvalue weighted by atomic mass is 10.0. The number of hydrogen-bond acceptors (Lipinski definition) is 5. The first-order chi connectivity index (χ1) is 15.7. The van der Waals surface area contributed by atoms with Gasteiger partial charge in [0.1, 0.15) is 5.15 Å². The maximum atomic E-state index is 12.6. The van der Waals surface area contributed by atoms with Crippen LogP contribution >= 0.6 is 11.6 Å². The normalized spacial score (nSPS) is 12.7. The van der Waals surface area contributed by atoms with Crippen molar-refractivity contribution in [1.29, 1.82) is 0 Å². The average molecular weight is 464 g/mol. The number of benzene rings is 2. The fourth-order valence-corrected chi connectivity index (χ4v) is 4.06. The van der Waals surface area contributed by atoms with Crippen molar-refractivity contribution in [2.24, 2.45) is 0 Å². The average Bonchev–Trinajstić information content (AvgIpc) is 3.22. The number of aromatic nitrogens is 3. The van der Waals surface area contributed by atoms with Gasteiger partial charge in [0.25, 0.3) is 0 Å². The molecule has 0 amide bonds. The van der Waals surface area contributed by atoms with Crippen LogP contribution in [0.5, 0.6) is 0 Å². The van der Waals surface area contributed by atoms with Crippen LogP contribution in [0.1, 0.15) is 38.1 Å². The van der Waals surface area contributed by atoms with Crippen molar-refractivity contribution in [2.45, 2.75) is 39.4 Å². The number of carbonyl (C=O) groups excluding carboxylic acids is 1. The van der Waals surface area contributed by atoms with Gasteiger partial charge in [-0.2, -0.15) is 5.10 Å². The summed E-state index contributed by atoms with van der Waals surface area (Å²) in [4.78, 5) is 17.2. The molecule has 0 fully saturated rings. The summed E-state index contributed by atoms with van der Waals surface area (Å²) in [5.74, 6) is -0.543. The Labute approximate surface area is 198 Å². The van der Waals surface area contributed by atoms with E-state index in [1.54, 1.807) is 6.92 Å². The summed E-state index contributed by atoms with van der Waals surface area (Å²) < 4.78 is 12.5. The number of fused-ring (bicyclic) bond motifs is 1. The molecule has 1 unspecified atom stereocenters. The van der Waals surface area contributed by atoms with E-state index in [9.17, 15) is 4.79 Å². The zero-order chi connectivity index (χ0) is 23.8. The number of methoxy groups -OCH3 is 1. The number of esters is 1. The van der Waals surface area contributed by atoms with Crippen molar-refractivity contribution in [3.63, 3.8) is 0 Å². The van der Waals surface area contributed by atoms with Gasteiger partial charge in [0.15, 0.2) is 11.8 Å².